The van der Waals surface area contributed by atoms with Gasteiger partial charge in [-0.1, -0.05) is 48.5 Å². The Morgan fingerprint density at radius 2 is 1.68 bits per heavy atom. The minimum atomic E-state index is -0.618. The van der Waals surface area contributed by atoms with Crippen LogP contribution in [0.2, 0.25) is 0 Å². The highest BCUT2D eigenvalue weighted by Gasteiger charge is 2.18. The van der Waals surface area contributed by atoms with E-state index in [9.17, 15) is 14.9 Å². The van der Waals surface area contributed by atoms with Crippen LogP contribution in [0.4, 0.5) is 5.69 Å². The van der Waals surface area contributed by atoms with Crippen LogP contribution in [-0.2, 0) is 0 Å². The highest BCUT2D eigenvalue weighted by atomic mass is 16.6. The Balaban J connectivity index is 1.83. The SMILES string of the molecule is CC(=NNC(=O)c1ccccc1[N+](=O)[O-])c1ccc2ccccc2c1. The molecule has 0 heterocycles. The first-order valence-corrected chi connectivity index (χ1v) is 7.63. The van der Waals surface area contributed by atoms with Gasteiger partial charge in [0.15, 0.2) is 0 Å². The molecule has 0 atom stereocenters. The number of rotatable bonds is 4. The van der Waals surface area contributed by atoms with Crippen molar-refractivity contribution < 1.29 is 9.72 Å². The van der Waals surface area contributed by atoms with Gasteiger partial charge in [0.1, 0.15) is 5.56 Å². The van der Waals surface area contributed by atoms with Crippen molar-refractivity contribution in [2.75, 3.05) is 0 Å². The number of carbonyl (C=O) groups is 1. The molecule has 1 N–H and O–H groups in total. The summed E-state index contributed by atoms with van der Waals surface area (Å²) in [6.45, 7) is 1.77. The third kappa shape index (κ3) is 3.53. The molecule has 0 aliphatic heterocycles. The van der Waals surface area contributed by atoms with E-state index in [1.165, 1.54) is 18.2 Å². The van der Waals surface area contributed by atoms with E-state index in [0.717, 1.165) is 16.3 Å². The smallest absolute Gasteiger partial charge is 0.267 e. The van der Waals surface area contributed by atoms with E-state index in [2.05, 4.69) is 10.5 Å². The summed E-state index contributed by atoms with van der Waals surface area (Å²) < 4.78 is 0. The first kappa shape index (κ1) is 16.3. The fraction of sp³-hybridized carbons (Fsp3) is 0.0526. The first-order valence-electron chi connectivity index (χ1n) is 7.63. The zero-order valence-corrected chi connectivity index (χ0v) is 13.5. The minimum absolute atomic E-state index is 0.0254. The number of nitrogens with zero attached hydrogens (tertiary/aromatic N) is 2. The van der Waals surface area contributed by atoms with Crippen LogP contribution in [-0.4, -0.2) is 16.5 Å². The van der Waals surface area contributed by atoms with Crippen molar-refractivity contribution in [3.63, 3.8) is 0 Å². The number of nitro benzene ring substituents is 1. The summed E-state index contributed by atoms with van der Waals surface area (Å²) in [6.07, 6.45) is 0. The van der Waals surface area contributed by atoms with E-state index < -0.39 is 10.8 Å². The fourth-order valence-electron chi connectivity index (χ4n) is 2.50. The lowest BCUT2D eigenvalue weighted by Crippen LogP contribution is -2.20. The van der Waals surface area contributed by atoms with Crippen molar-refractivity contribution in [1.82, 2.24) is 5.43 Å². The molecule has 0 aromatic heterocycles. The summed E-state index contributed by atoms with van der Waals surface area (Å²) in [7, 11) is 0. The lowest BCUT2D eigenvalue weighted by Gasteiger charge is -2.05. The van der Waals surface area contributed by atoms with E-state index in [1.807, 2.05) is 42.5 Å². The second-order valence-corrected chi connectivity index (χ2v) is 5.47. The normalized spacial score (nSPS) is 11.3. The Kier molecular flexibility index (Phi) is 4.52. The van der Waals surface area contributed by atoms with Crippen molar-refractivity contribution in [2.24, 2.45) is 5.10 Å². The van der Waals surface area contributed by atoms with Crippen molar-refractivity contribution in [1.29, 1.82) is 0 Å². The summed E-state index contributed by atoms with van der Waals surface area (Å²) >= 11 is 0. The summed E-state index contributed by atoms with van der Waals surface area (Å²) in [5.41, 5.74) is 3.58. The molecule has 25 heavy (non-hydrogen) atoms. The molecule has 0 aliphatic carbocycles. The maximum Gasteiger partial charge on any atom is 0.282 e. The van der Waals surface area contributed by atoms with Crippen LogP contribution < -0.4 is 5.43 Å². The largest absolute Gasteiger partial charge is 0.282 e. The molecule has 3 aromatic rings. The number of fused-ring (bicyclic) bond motifs is 1. The molecule has 124 valence electrons. The molecule has 6 nitrogen and oxygen atoms in total. The van der Waals surface area contributed by atoms with Crippen molar-refractivity contribution in [2.45, 2.75) is 6.92 Å². The molecule has 0 spiro atoms. The number of hydrogen-bond donors (Lipinski definition) is 1. The van der Waals surface area contributed by atoms with E-state index in [0.29, 0.717) is 5.71 Å². The molecule has 0 unspecified atom stereocenters. The molecule has 3 aromatic carbocycles. The van der Waals surface area contributed by atoms with Crippen LogP contribution >= 0.6 is 0 Å². The Morgan fingerprint density at radius 1 is 1.00 bits per heavy atom. The van der Waals surface area contributed by atoms with Gasteiger partial charge in [0, 0.05) is 6.07 Å². The van der Waals surface area contributed by atoms with Crippen molar-refractivity contribution >= 4 is 28.1 Å². The Hall–Kier alpha value is -3.54. The molecule has 0 bridgehead atoms. The topological polar surface area (TPSA) is 84.6 Å². The number of benzene rings is 3. The average Bonchev–Trinajstić information content (AvgIpc) is 2.65. The number of nitro groups is 1. The lowest BCUT2D eigenvalue weighted by atomic mass is 10.0. The van der Waals surface area contributed by atoms with Crippen LogP contribution in [0.25, 0.3) is 10.8 Å². The predicted octanol–water partition coefficient (Wildman–Crippen LogP) is 3.90. The van der Waals surface area contributed by atoms with Gasteiger partial charge in [-0.05, 0) is 35.4 Å². The van der Waals surface area contributed by atoms with Gasteiger partial charge < -0.3 is 0 Å². The number of hydrogen-bond acceptors (Lipinski definition) is 4. The summed E-state index contributed by atoms with van der Waals surface area (Å²) in [4.78, 5) is 22.6. The molecular formula is C19H15N3O3. The van der Waals surface area contributed by atoms with Crippen LogP contribution in [0.3, 0.4) is 0 Å². The minimum Gasteiger partial charge on any atom is -0.267 e. The maximum absolute atomic E-state index is 12.2. The molecule has 0 aliphatic rings. The standard InChI is InChI=1S/C19H15N3O3/c1-13(15-11-10-14-6-2-3-7-16(14)12-15)20-21-19(23)17-8-4-5-9-18(17)22(24)25/h2-12H,1H3,(H,21,23). The highest BCUT2D eigenvalue weighted by Crippen LogP contribution is 2.18. The van der Waals surface area contributed by atoms with Gasteiger partial charge in [-0.15, -0.1) is 0 Å². The van der Waals surface area contributed by atoms with E-state index in [-0.39, 0.29) is 11.3 Å². The summed E-state index contributed by atoms with van der Waals surface area (Å²) in [6, 6.07) is 19.6. The molecule has 0 radical (unpaired) electrons. The van der Waals surface area contributed by atoms with E-state index in [1.54, 1.807) is 13.0 Å². The number of para-hydroxylation sites is 1. The fourth-order valence-corrected chi connectivity index (χ4v) is 2.50. The van der Waals surface area contributed by atoms with E-state index in [4.69, 9.17) is 0 Å². The molecule has 0 saturated heterocycles. The van der Waals surface area contributed by atoms with Crippen LogP contribution in [0.1, 0.15) is 22.8 Å². The third-order valence-corrected chi connectivity index (χ3v) is 3.84. The second-order valence-electron chi connectivity index (χ2n) is 5.47. The van der Waals surface area contributed by atoms with Crippen molar-refractivity contribution in [3.8, 4) is 0 Å². The zero-order valence-electron chi connectivity index (χ0n) is 13.5. The van der Waals surface area contributed by atoms with Crippen LogP contribution in [0, 0.1) is 10.1 Å². The number of amides is 1. The molecule has 0 saturated carbocycles. The predicted molar refractivity (Wildman–Crippen MR) is 96.7 cm³/mol. The molecule has 3 rings (SSSR count). The third-order valence-electron chi connectivity index (χ3n) is 3.84. The zero-order chi connectivity index (χ0) is 17.8. The number of nitrogens with one attached hydrogen (secondary N) is 1. The Bertz CT molecular complexity index is 996. The molecule has 6 heteroatoms. The van der Waals surface area contributed by atoms with Gasteiger partial charge >= 0.3 is 0 Å². The quantitative estimate of drug-likeness (QED) is 0.446. The number of carbonyl (C=O) groups excluding carboxylic acids is 1. The Morgan fingerprint density at radius 3 is 2.44 bits per heavy atom. The maximum atomic E-state index is 12.2. The first-order chi connectivity index (χ1) is 12.1. The van der Waals surface area contributed by atoms with E-state index >= 15 is 0 Å². The summed E-state index contributed by atoms with van der Waals surface area (Å²) in [5.74, 6) is -0.618. The van der Waals surface area contributed by atoms with Gasteiger partial charge in [0.25, 0.3) is 11.6 Å². The monoisotopic (exact) mass is 333 g/mol. The van der Waals surface area contributed by atoms with Gasteiger partial charge in [0.05, 0.1) is 10.6 Å². The molecule has 1 amide bonds. The van der Waals surface area contributed by atoms with Crippen molar-refractivity contribution in [3.05, 3.63) is 88.0 Å². The number of hydrazone groups is 1. The van der Waals surface area contributed by atoms with Crippen LogP contribution in [0.15, 0.2) is 71.8 Å². The van der Waals surface area contributed by atoms with Gasteiger partial charge in [0.2, 0.25) is 0 Å². The molecule has 0 fully saturated rings. The van der Waals surface area contributed by atoms with Gasteiger partial charge in [-0.25, -0.2) is 5.43 Å². The lowest BCUT2D eigenvalue weighted by molar-refractivity contribution is -0.385. The molecular weight excluding hydrogens is 318 g/mol. The second kappa shape index (κ2) is 6.92. The van der Waals surface area contributed by atoms with Gasteiger partial charge in [-0.2, -0.15) is 5.10 Å². The highest BCUT2D eigenvalue weighted by molar-refractivity contribution is 6.04. The summed E-state index contributed by atoms with van der Waals surface area (Å²) in [5, 5.41) is 17.3. The van der Waals surface area contributed by atoms with Gasteiger partial charge in [-0.3, -0.25) is 14.9 Å². The van der Waals surface area contributed by atoms with Crippen LogP contribution in [0.5, 0.6) is 0 Å². The Labute approximate surface area is 143 Å². The average molecular weight is 333 g/mol.